The van der Waals surface area contributed by atoms with Crippen molar-refractivity contribution in [2.75, 3.05) is 0 Å². The van der Waals surface area contributed by atoms with Crippen molar-refractivity contribution in [3.05, 3.63) is 29.6 Å². The summed E-state index contributed by atoms with van der Waals surface area (Å²) in [7, 11) is 1.86. The molecule has 6 nitrogen and oxygen atoms in total. The molecule has 3 N–H and O–H groups in total. The van der Waals surface area contributed by atoms with Crippen LogP contribution in [0.2, 0.25) is 0 Å². The average Bonchev–Trinajstić information content (AvgIpc) is 2.58. The maximum Gasteiger partial charge on any atom is 0.136 e. The molecule has 2 aromatic heterocycles. The van der Waals surface area contributed by atoms with Gasteiger partial charge < -0.3 is 5.73 Å². The lowest BCUT2D eigenvalue weighted by Gasteiger charge is -2.05. The normalized spacial score (nSPS) is 10.5. The molecule has 0 atom stereocenters. The number of nitrogens with one attached hydrogen (secondary N) is 1. The lowest BCUT2D eigenvalue weighted by Crippen LogP contribution is -2.13. The van der Waals surface area contributed by atoms with Crippen molar-refractivity contribution >= 4 is 17.6 Å². The van der Waals surface area contributed by atoms with Gasteiger partial charge in [0, 0.05) is 7.05 Å². The highest BCUT2D eigenvalue weighted by molar-refractivity contribution is 7.99. The van der Waals surface area contributed by atoms with E-state index in [1.165, 1.54) is 18.0 Å². The van der Waals surface area contributed by atoms with Crippen molar-refractivity contribution in [2.45, 2.75) is 17.0 Å². The SMILES string of the molecule is Cc1cc(Sc2nnccc2C(=N)N)n(C)n1. The molecular weight excluding hydrogens is 236 g/mol. The summed E-state index contributed by atoms with van der Waals surface area (Å²) in [6, 6.07) is 3.63. The Morgan fingerprint density at radius 1 is 1.53 bits per heavy atom. The minimum absolute atomic E-state index is 0.0127. The van der Waals surface area contributed by atoms with Crippen LogP contribution < -0.4 is 5.73 Å². The number of amidine groups is 1. The Balaban J connectivity index is 2.36. The molecule has 0 amide bonds. The molecule has 0 unspecified atom stereocenters. The van der Waals surface area contributed by atoms with Crippen molar-refractivity contribution in [3.63, 3.8) is 0 Å². The lowest BCUT2D eigenvalue weighted by molar-refractivity contribution is 0.691. The van der Waals surface area contributed by atoms with E-state index in [9.17, 15) is 0 Å². The first-order valence-corrected chi connectivity index (χ1v) is 5.74. The van der Waals surface area contributed by atoms with E-state index in [-0.39, 0.29) is 5.84 Å². The minimum Gasteiger partial charge on any atom is -0.384 e. The average molecular weight is 248 g/mol. The fraction of sp³-hybridized carbons (Fsp3) is 0.200. The molecule has 0 saturated carbocycles. The standard InChI is InChI=1S/C10H12N6S/c1-6-5-8(16(2)15-6)17-10-7(9(11)12)3-4-13-14-10/h3-5H,1-2H3,(H3,11,12). The van der Waals surface area contributed by atoms with E-state index in [0.717, 1.165) is 10.7 Å². The summed E-state index contributed by atoms with van der Waals surface area (Å²) in [6.45, 7) is 1.92. The highest BCUT2D eigenvalue weighted by Gasteiger charge is 2.11. The second-order valence-corrected chi connectivity index (χ2v) is 4.52. The number of aromatic nitrogens is 4. The number of rotatable bonds is 3. The van der Waals surface area contributed by atoms with Gasteiger partial charge in [0.2, 0.25) is 0 Å². The minimum atomic E-state index is -0.0127. The van der Waals surface area contributed by atoms with Crippen molar-refractivity contribution in [1.29, 1.82) is 5.41 Å². The van der Waals surface area contributed by atoms with E-state index in [1.807, 2.05) is 20.0 Å². The van der Waals surface area contributed by atoms with Gasteiger partial charge in [-0.1, -0.05) is 0 Å². The summed E-state index contributed by atoms with van der Waals surface area (Å²) in [5.74, 6) is -0.0127. The van der Waals surface area contributed by atoms with Crippen molar-refractivity contribution < 1.29 is 0 Å². The van der Waals surface area contributed by atoms with Crippen LogP contribution in [0.25, 0.3) is 0 Å². The van der Waals surface area contributed by atoms with Gasteiger partial charge in [-0.15, -0.1) is 5.10 Å². The van der Waals surface area contributed by atoms with Crippen LogP contribution in [0.15, 0.2) is 28.4 Å². The molecule has 2 aromatic rings. The van der Waals surface area contributed by atoms with E-state index in [0.29, 0.717) is 10.6 Å². The quantitative estimate of drug-likeness (QED) is 0.623. The van der Waals surface area contributed by atoms with Crippen LogP contribution in [0.1, 0.15) is 11.3 Å². The molecule has 17 heavy (non-hydrogen) atoms. The summed E-state index contributed by atoms with van der Waals surface area (Å²) in [5, 5.41) is 21.1. The number of hydrogen-bond donors (Lipinski definition) is 2. The Morgan fingerprint density at radius 2 is 2.29 bits per heavy atom. The molecule has 0 aliphatic heterocycles. The fourth-order valence-electron chi connectivity index (χ4n) is 1.38. The van der Waals surface area contributed by atoms with Gasteiger partial charge in [-0.2, -0.15) is 10.2 Å². The molecule has 0 fully saturated rings. The molecule has 0 aliphatic carbocycles. The monoisotopic (exact) mass is 248 g/mol. The molecule has 7 heteroatoms. The molecule has 2 heterocycles. The summed E-state index contributed by atoms with van der Waals surface area (Å²) >= 11 is 1.40. The van der Waals surface area contributed by atoms with Gasteiger partial charge in [0.25, 0.3) is 0 Å². The maximum absolute atomic E-state index is 7.48. The van der Waals surface area contributed by atoms with E-state index in [1.54, 1.807) is 10.7 Å². The zero-order valence-electron chi connectivity index (χ0n) is 9.51. The van der Waals surface area contributed by atoms with E-state index < -0.39 is 0 Å². The molecule has 0 radical (unpaired) electrons. The van der Waals surface area contributed by atoms with E-state index >= 15 is 0 Å². The highest BCUT2D eigenvalue weighted by atomic mass is 32.2. The van der Waals surface area contributed by atoms with E-state index in [2.05, 4.69) is 15.3 Å². The molecule has 88 valence electrons. The third kappa shape index (κ3) is 2.44. The number of nitrogen functional groups attached to an aromatic ring is 1. The lowest BCUT2D eigenvalue weighted by atomic mass is 10.3. The third-order valence-electron chi connectivity index (χ3n) is 2.14. The molecular formula is C10H12N6S. The number of aryl methyl sites for hydroxylation is 2. The molecule has 0 saturated heterocycles. The molecule has 2 rings (SSSR count). The second-order valence-electron chi connectivity index (χ2n) is 3.51. The van der Waals surface area contributed by atoms with Gasteiger partial charge >= 0.3 is 0 Å². The second kappa shape index (κ2) is 4.54. The Kier molecular flexibility index (Phi) is 3.10. The van der Waals surface area contributed by atoms with Crippen molar-refractivity contribution in [1.82, 2.24) is 20.0 Å². The fourth-order valence-corrected chi connectivity index (χ4v) is 2.36. The Morgan fingerprint density at radius 3 is 2.88 bits per heavy atom. The number of nitrogens with two attached hydrogens (primary N) is 1. The number of hydrogen-bond acceptors (Lipinski definition) is 5. The van der Waals surface area contributed by atoms with Crippen LogP contribution in [0.3, 0.4) is 0 Å². The van der Waals surface area contributed by atoms with Crippen LogP contribution in [0.4, 0.5) is 0 Å². The zero-order chi connectivity index (χ0) is 12.4. The van der Waals surface area contributed by atoms with Crippen molar-refractivity contribution in [3.8, 4) is 0 Å². The number of nitrogens with zero attached hydrogens (tertiary/aromatic N) is 4. The highest BCUT2D eigenvalue weighted by Crippen LogP contribution is 2.27. The summed E-state index contributed by atoms with van der Waals surface area (Å²) in [4.78, 5) is 0. The van der Waals surface area contributed by atoms with Crippen LogP contribution in [-0.4, -0.2) is 25.8 Å². The van der Waals surface area contributed by atoms with Crippen LogP contribution in [0.5, 0.6) is 0 Å². The topological polar surface area (TPSA) is 93.5 Å². The molecule has 0 bridgehead atoms. The van der Waals surface area contributed by atoms with Gasteiger partial charge in [0.15, 0.2) is 0 Å². The van der Waals surface area contributed by atoms with Gasteiger partial charge in [0.05, 0.1) is 17.5 Å². The summed E-state index contributed by atoms with van der Waals surface area (Å²) in [5.41, 5.74) is 7.01. The zero-order valence-corrected chi connectivity index (χ0v) is 10.3. The maximum atomic E-state index is 7.48. The molecule has 0 aromatic carbocycles. The van der Waals surface area contributed by atoms with Crippen LogP contribution in [0, 0.1) is 12.3 Å². The predicted molar refractivity (Wildman–Crippen MR) is 65.1 cm³/mol. The summed E-state index contributed by atoms with van der Waals surface area (Å²) < 4.78 is 1.76. The largest absolute Gasteiger partial charge is 0.384 e. The predicted octanol–water partition coefficient (Wildman–Crippen LogP) is 0.954. The van der Waals surface area contributed by atoms with Crippen LogP contribution in [-0.2, 0) is 7.05 Å². The van der Waals surface area contributed by atoms with Gasteiger partial charge in [0.1, 0.15) is 15.9 Å². The van der Waals surface area contributed by atoms with E-state index in [4.69, 9.17) is 11.1 Å². The molecule has 0 spiro atoms. The third-order valence-corrected chi connectivity index (χ3v) is 3.22. The van der Waals surface area contributed by atoms with Crippen molar-refractivity contribution in [2.24, 2.45) is 12.8 Å². The first kappa shape index (κ1) is 11.6. The Hall–Kier alpha value is -1.89. The first-order valence-electron chi connectivity index (χ1n) is 4.92. The van der Waals surface area contributed by atoms with Gasteiger partial charge in [-0.3, -0.25) is 10.1 Å². The molecule has 0 aliphatic rings. The van der Waals surface area contributed by atoms with Gasteiger partial charge in [-0.25, -0.2) is 0 Å². The summed E-state index contributed by atoms with van der Waals surface area (Å²) in [6.07, 6.45) is 1.52. The smallest absolute Gasteiger partial charge is 0.136 e. The Labute approximate surface area is 103 Å². The first-order chi connectivity index (χ1) is 8.08. The van der Waals surface area contributed by atoms with Gasteiger partial charge in [-0.05, 0) is 30.8 Å². The Bertz CT molecular complexity index is 562. The van der Waals surface area contributed by atoms with Crippen LogP contribution >= 0.6 is 11.8 Å².